The number of fused-ring (bicyclic) bond motifs is 1. The van der Waals surface area contributed by atoms with E-state index in [9.17, 15) is 8.78 Å². The van der Waals surface area contributed by atoms with Gasteiger partial charge >= 0.3 is 0 Å². The third-order valence-corrected chi connectivity index (χ3v) is 8.23. The molecule has 5 heterocycles. The van der Waals surface area contributed by atoms with Crippen LogP contribution in [0.5, 0.6) is 0 Å². The van der Waals surface area contributed by atoms with Crippen LogP contribution in [0, 0.1) is 18.6 Å². The Kier molecular flexibility index (Phi) is 6.55. The van der Waals surface area contributed by atoms with Crippen LogP contribution in [0.4, 0.5) is 20.5 Å². The van der Waals surface area contributed by atoms with E-state index in [1.165, 1.54) is 25.3 Å². The fourth-order valence-electron chi connectivity index (χ4n) is 6.19. The molecule has 0 aliphatic carbocycles. The largest absolute Gasteiger partial charge is 0.326 e. The summed E-state index contributed by atoms with van der Waals surface area (Å²) in [4.78, 5) is 19.9. The van der Waals surface area contributed by atoms with Gasteiger partial charge in [-0.15, -0.1) is 0 Å². The van der Waals surface area contributed by atoms with Crippen molar-refractivity contribution in [3.05, 3.63) is 59.7 Å². The molecular formula is C29H34F2N8. The maximum atomic E-state index is 15.0. The number of anilines is 2. The first kappa shape index (κ1) is 25.8. The van der Waals surface area contributed by atoms with Crippen molar-refractivity contribution in [2.75, 3.05) is 25.0 Å². The van der Waals surface area contributed by atoms with E-state index in [1.807, 2.05) is 37.6 Å². The maximum absolute atomic E-state index is 15.0. The number of nitrogens with zero attached hydrogens (tertiary/aromatic N) is 6. The monoisotopic (exact) mass is 532 g/mol. The second-order valence-corrected chi connectivity index (χ2v) is 11.1. The van der Waals surface area contributed by atoms with Crippen molar-refractivity contribution in [3.63, 3.8) is 0 Å². The summed E-state index contributed by atoms with van der Waals surface area (Å²) in [5.41, 5.74) is 2.61. The molecular weight excluding hydrogens is 498 g/mol. The van der Waals surface area contributed by atoms with Gasteiger partial charge in [-0.2, -0.15) is 0 Å². The van der Waals surface area contributed by atoms with Crippen molar-refractivity contribution in [2.24, 2.45) is 0 Å². The lowest BCUT2D eigenvalue weighted by Gasteiger charge is -2.28. The minimum Gasteiger partial charge on any atom is -0.326 e. The number of halogens is 2. The van der Waals surface area contributed by atoms with Crippen molar-refractivity contribution in [2.45, 2.75) is 64.6 Å². The summed E-state index contributed by atoms with van der Waals surface area (Å²) in [5.74, 6) is 0.279. The minimum atomic E-state index is -0.635. The Hall–Kier alpha value is -3.50. The highest BCUT2D eigenvalue weighted by molar-refractivity contribution is 5.83. The number of imidazole rings is 1. The molecule has 2 N–H and O–H groups in total. The molecule has 0 bridgehead atoms. The topological polar surface area (TPSA) is 83.8 Å². The summed E-state index contributed by atoms with van der Waals surface area (Å²) in [6.45, 7) is 11.3. The summed E-state index contributed by atoms with van der Waals surface area (Å²) in [7, 11) is 0. The number of aryl methyl sites for hydroxylation is 1. The van der Waals surface area contributed by atoms with E-state index in [4.69, 9.17) is 0 Å². The van der Waals surface area contributed by atoms with Crippen LogP contribution in [0.3, 0.4) is 0 Å². The highest BCUT2D eigenvalue weighted by atomic mass is 19.1. The Morgan fingerprint density at radius 2 is 1.87 bits per heavy atom. The van der Waals surface area contributed by atoms with E-state index in [-0.39, 0.29) is 34.8 Å². The number of likely N-dealkylation sites (tertiary alicyclic amines) is 1. The molecule has 1 unspecified atom stereocenters. The van der Waals surface area contributed by atoms with Crippen LogP contribution in [0.15, 0.2) is 36.7 Å². The molecule has 0 radical (unpaired) electrons. The second kappa shape index (κ2) is 9.91. The highest BCUT2D eigenvalue weighted by Crippen LogP contribution is 2.35. The number of benzene rings is 1. The van der Waals surface area contributed by atoms with Crippen LogP contribution >= 0.6 is 0 Å². The SMILES string of the molecule is Cc1nc2c(F)cc(-c3nc(Nc4ccc([C@@H](C)N5CCC6(CCCN6)C5)cn4)ncc3F)cc2n1C(C)C. The van der Waals surface area contributed by atoms with E-state index in [0.717, 1.165) is 31.4 Å². The first-order valence-corrected chi connectivity index (χ1v) is 13.7. The lowest BCUT2D eigenvalue weighted by Crippen LogP contribution is -2.42. The van der Waals surface area contributed by atoms with Crippen LogP contribution < -0.4 is 10.6 Å². The van der Waals surface area contributed by atoms with Gasteiger partial charge < -0.3 is 15.2 Å². The Morgan fingerprint density at radius 1 is 1.03 bits per heavy atom. The lowest BCUT2D eigenvalue weighted by atomic mass is 9.97. The van der Waals surface area contributed by atoms with Crippen molar-refractivity contribution >= 4 is 22.8 Å². The zero-order valence-corrected chi connectivity index (χ0v) is 22.8. The molecule has 1 spiro atoms. The third kappa shape index (κ3) is 4.76. The molecule has 0 saturated carbocycles. The number of aromatic nitrogens is 5. The summed E-state index contributed by atoms with van der Waals surface area (Å²) in [6.07, 6.45) is 6.64. The smallest absolute Gasteiger partial charge is 0.229 e. The molecule has 3 aromatic heterocycles. The lowest BCUT2D eigenvalue weighted by molar-refractivity contribution is 0.238. The molecule has 2 saturated heterocycles. The summed E-state index contributed by atoms with van der Waals surface area (Å²) in [5, 5.41) is 6.78. The molecule has 10 heteroatoms. The van der Waals surface area contributed by atoms with Gasteiger partial charge in [0.1, 0.15) is 22.9 Å². The van der Waals surface area contributed by atoms with E-state index in [1.54, 1.807) is 6.07 Å². The molecule has 204 valence electrons. The molecule has 39 heavy (non-hydrogen) atoms. The molecule has 0 amide bonds. The molecule has 2 fully saturated rings. The van der Waals surface area contributed by atoms with Crippen LogP contribution in [0.2, 0.25) is 0 Å². The van der Waals surface area contributed by atoms with Gasteiger partial charge in [0.25, 0.3) is 0 Å². The number of hydrogen-bond acceptors (Lipinski definition) is 7. The van der Waals surface area contributed by atoms with Gasteiger partial charge in [-0.3, -0.25) is 4.90 Å². The normalized spacial score (nSPS) is 20.5. The van der Waals surface area contributed by atoms with Crippen molar-refractivity contribution in [3.8, 4) is 11.3 Å². The van der Waals surface area contributed by atoms with E-state index in [2.05, 4.69) is 48.5 Å². The number of rotatable bonds is 6. The standard InChI is InChI=1S/C29H34F2N8/c1-17(2)39-19(4)35-27-22(30)12-21(13-24(27)39)26-23(31)15-33-28(37-26)36-25-7-6-20(14-32-25)18(3)38-11-9-29(16-38)8-5-10-34-29/h6-7,12-15,17-18,34H,5,8-11,16H2,1-4H3,(H,32,33,36,37)/t18-,29?/m1/s1. The first-order chi connectivity index (χ1) is 18.7. The van der Waals surface area contributed by atoms with Crippen LogP contribution in [0.25, 0.3) is 22.3 Å². The highest BCUT2D eigenvalue weighted by Gasteiger charge is 2.41. The fourth-order valence-corrected chi connectivity index (χ4v) is 6.19. The number of nitrogens with one attached hydrogen (secondary N) is 2. The summed E-state index contributed by atoms with van der Waals surface area (Å²) in [6, 6.07) is 7.26. The van der Waals surface area contributed by atoms with Crippen LogP contribution in [-0.2, 0) is 0 Å². The number of pyridine rings is 1. The molecule has 2 aliphatic heterocycles. The average Bonchev–Trinajstić information content (AvgIpc) is 3.64. The van der Waals surface area contributed by atoms with E-state index >= 15 is 0 Å². The molecule has 2 atom stereocenters. The zero-order chi connectivity index (χ0) is 27.3. The van der Waals surface area contributed by atoms with Gasteiger partial charge in [0.2, 0.25) is 5.95 Å². The van der Waals surface area contributed by atoms with Crippen molar-refractivity contribution < 1.29 is 8.78 Å². The molecule has 1 aromatic carbocycles. The quantitative estimate of drug-likeness (QED) is 0.330. The fraction of sp³-hybridized carbons (Fsp3) is 0.448. The Labute approximate surface area is 226 Å². The molecule has 8 nitrogen and oxygen atoms in total. The summed E-state index contributed by atoms with van der Waals surface area (Å²) >= 11 is 0. The molecule has 2 aliphatic rings. The molecule has 4 aromatic rings. The van der Waals surface area contributed by atoms with Gasteiger partial charge in [0, 0.05) is 42.5 Å². The zero-order valence-electron chi connectivity index (χ0n) is 22.8. The Bertz CT molecular complexity index is 1510. The van der Waals surface area contributed by atoms with E-state index < -0.39 is 11.6 Å². The van der Waals surface area contributed by atoms with Crippen LogP contribution in [0.1, 0.15) is 63.5 Å². The van der Waals surface area contributed by atoms with Gasteiger partial charge in [0.05, 0.1) is 11.7 Å². The minimum absolute atomic E-state index is 0.0104. The van der Waals surface area contributed by atoms with E-state index in [0.29, 0.717) is 22.7 Å². The van der Waals surface area contributed by atoms with Gasteiger partial charge in [-0.25, -0.2) is 28.7 Å². The number of hydrogen-bond donors (Lipinski definition) is 2. The van der Waals surface area contributed by atoms with Gasteiger partial charge in [-0.1, -0.05) is 6.07 Å². The predicted molar refractivity (Wildman–Crippen MR) is 148 cm³/mol. The van der Waals surface area contributed by atoms with Gasteiger partial charge in [-0.05, 0) is 77.3 Å². The van der Waals surface area contributed by atoms with Crippen molar-refractivity contribution in [1.82, 2.24) is 34.7 Å². The first-order valence-electron chi connectivity index (χ1n) is 13.7. The maximum Gasteiger partial charge on any atom is 0.229 e. The molecule has 6 rings (SSSR count). The Balaban J connectivity index is 1.22. The summed E-state index contributed by atoms with van der Waals surface area (Å²) < 4.78 is 31.8. The van der Waals surface area contributed by atoms with Crippen LogP contribution in [-0.4, -0.2) is 54.6 Å². The third-order valence-electron chi connectivity index (χ3n) is 8.23. The Morgan fingerprint density at radius 3 is 2.59 bits per heavy atom. The van der Waals surface area contributed by atoms with Gasteiger partial charge in [0.15, 0.2) is 11.6 Å². The second-order valence-electron chi connectivity index (χ2n) is 11.1. The van der Waals surface area contributed by atoms with Crippen molar-refractivity contribution in [1.29, 1.82) is 0 Å². The average molecular weight is 533 g/mol. The predicted octanol–water partition coefficient (Wildman–Crippen LogP) is 5.69.